The first-order valence-electron chi connectivity index (χ1n) is 12.8. The summed E-state index contributed by atoms with van der Waals surface area (Å²) in [5.74, 6) is -0.395. The molecule has 0 saturated carbocycles. The lowest BCUT2D eigenvalue weighted by atomic mass is 9.68. The van der Waals surface area contributed by atoms with Gasteiger partial charge in [0.05, 0.1) is 19.5 Å². The summed E-state index contributed by atoms with van der Waals surface area (Å²) in [5, 5.41) is 0. The van der Waals surface area contributed by atoms with E-state index in [0.29, 0.717) is 12.2 Å². The first-order chi connectivity index (χ1) is 18.6. The zero-order valence-corrected chi connectivity index (χ0v) is 22.7. The Kier molecular flexibility index (Phi) is 8.47. The average Bonchev–Trinajstić information content (AvgIpc) is 3.30. The van der Waals surface area contributed by atoms with Crippen LogP contribution in [0.25, 0.3) is 11.2 Å². The van der Waals surface area contributed by atoms with Crippen LogP contribution < -0.4 is 11.3 Å². The summed E-state index contributed by atoms with van der Waals surface area (Å²) in [5.41, 5.74) is 6.72. The van der Waals surface area contributed by atoms with E-state index in [1.54, 1.807) is 4.57 Å². The first-order valence-corrected chi connectivity index (χ1v) is 12.8. The molecule has 2 heterocycles. The number of aromatic nitrogens is 4. The second-order valence-corrected chi connectivity index (χ2v) is 10.3. The van der Waals surface area contributed by atoms with Gasteiger partial charge in [-0.15, -0.1) is 0 Å². The monoisotopic (exact) mass is 533 g/mol. The molecule has 10 nitrogen and oxygen atoms in total. The van der Waals surface area contributed by atoms with Crippen LogP contribution in [0.1, 0.15) is 38.8 Å². The highest BCUT2D eigenvalue weighted by Crippen LogP contribution is 2.48. The van der Waals surface area contributed by atoms with Gasteiger partial charge in [-0.25, -0.2) is 4.98 Å². The number of benzene rings is 2. The second kappa shape index (κ2) is 11.8. The highest BCUT2D eigenvalue weighted by molar-refractivity contribution is 5.70. The Morgan fingerprint density at radius 2 is 1.64 bits per heavy atom. The quantitative estimate of drug-likeness (QED) is 0.279. The van der Waals surface area contributed by atoms with Gasteiger partial charge in [0.2, 0.25) is 5.95 Å². The predicted molar refractivity (Wildman–Crippen MR) is 148 cm³/mol. The maximum Gasteiger partial charge on any atom is 0.302 e. The zero-order chi connectivity index (χ0) is 28.0. The van der Waals surface area contributed by atoms with Crippen molar-refractivity contribution in [3.8, 4) is 0 Å². The number of anilines is 1. The Labute approximate surface area is 227 Å². The Balaban J connectivity index is 1.57. The number of nitrogens with zero attached hydrogens (tertiary/aromatic N) is 3. The van der Waals surface area contributed by atoms with E-state index in [1.165, 1.54) is 13.3 Å². The lowest BCUT2D eigenvalue weighted by Gasteiger charge is -2.46. The summed E-state index contributed by atoms with van der Waals surface area (Å²) in [6.07, 6.45) is 0.960. The van der Waals surface area contributed by atoms with Crippen molar-refractivity contribution in [3.63, 3.8) is 0 Å². The molecule has 0 aliphatic rings. The summed E-state index contributed by atoms with van der Waals surface area (Å²) < 4.78 is 20.0. The summed E-state index contributed by atoms with van der Waals surface area (Å²) in [7, 11) is 0. The fourth-order valence-corrected chi connectivity index (χ4v) is 4.79. The van der Waals surface area contributed by atoms with Gasteiger partial charge in [-0.2, -0.15) is 4.98 Å². The van der Waals surface area contributed by atoms with Gasteiger partial charge in [0.1, 0.15) is 18.3 Å². The molecule has 0 aliphatic heterocycles. The molecule has 2 aromatic carbocycles. The largest absolute Gasteiger partial charge is 0.463 e. The summed E-state index contributed by atoms with van der Waals surface area (Å²) in [4.78, 5) is 34.5. The molecule has 1 atom stereocenters. The first kappa shape index (κ1) is 28.0. The minimum atomic E-state index is -0.809. The zero-order valence-electron chi connectivity index (χ0n) is 22.7. The number of nitrogens with two attached hydrogens (primary N) is 1. The number of fused-ring (bicyclic) bond motifs is 1. The number of ether oxygens (including phenoxy) is 3. The fraction of sp³-hybridized carbons (Fsp3) is 0.379. The minimum absolute atomic E-state index is 0.0108. The van der Waals surface area contributed by atoms with Crippen LogP contribution in [0.2, 0.25) is 0 Å². The van der Waals surface area contributed by atoms with Gasteiger partial charge in [0.25, 0.3) is 5.56 Å². The van der Waals surface area contributed by atoms with Crippen LogP contribution in [0.15, 0.2) is 71.8 Å². The van der Waals surface area contributed by atoms with Crippen molar-refractivity contribution in [1.29, 1.82) is 0 Å². The molecule has 4 aromatic rings. The standard InChI is InChI=1S/C29H35N5O5/c1-20(35)38-17-23(37-16-15-34-19-31-24-25(34)32-27(30)33-26(24)36)18-39-29(28(2,3)4,21-11-7-5-8-12-21)22-13-9-6-10-14-22/h5-14,19,23H,15-18H2,1-4H3,(H3,30,32,33,36). The number of aromatic amines is 1. The Bertz CT molecular complexity index is 1400. The van der Waals surface area contributed by atoms with E-state index in [-0.39, 0.29) is 36.7 Å². The van der Waals surface area contributed by atoms with Crippen molar-refractivity contribution >= 4 is 23.1 Å². The molecule has 1 unspecified atom stereocenters. The van der Waals surface area contributed by atoms with Crippen LogP contribution in [-0.2, 0) is 31.2 Å². The number of esters is 1. The lowest BCUT2D eigenvalue weighted by Crippen LogP contribution is -2.46. The highest BCUT2D eigenvalue weighted by atomic mass is 16.6. The predicted octanol–water partition coefficient (Wildman–Crippen LogP) is 3.66. The van der Waals surface area contributed by atoms with E-state index in [9.17, 15) is 9.59 Å². The fourth-order valence-electron chi connectivity index (χ4n) is 4.79. The van der Waals surface area contributed by atoms with E-state index in [4.69, 9.17) is 19.9 Å². The number of hydrogen-bond acceptors (Lipinski definition) is 8. The smallest absolute Gasteiger partial charge is 0.302 e. The average molecular weight is 534 g/mol. The molecule has 2 aromatic heterocycles. The molecule has 39 heavy (non-hydrogen) atoms. The molecule has 3 N–H and O–H groups in total. The number of H-pyrrole nitrogens is 1. The van der Waals surface area contributed by atoms with Crippen LogP contribution in [-0.4, -0.2) is 51.4 Å². The SMILES string of the molecule is CC(=O)OCC(COC(c1ccccc1)(c1ccccc1)C(C)(C)C)OCCn1cnc2c(=O)[nH]c(N)nc21. The third-order valence-electron chi connectivity index (χ3n) is 6.55. The van der Waals surface area contributed by atoms with Gasteiger partial charge < -0.3 is 24.5 Å². The maximum atomic E-state index is 12.1. The molecule has 0 spiro atoms. The van der Waals surface area contributed by atoms with Gasteiger partial charge in [0.15, 0.2) is 11.2 Å². The number of imidazole rings is 1. The topological polar surface area (TPSA) is 134 Å². The van der Waals surface area contributed by atoms with E-state index in [2.05, 4.69) is 60.0 Å². The number of hydrogen-bond donors (Lipinski definition) is 2. The molecular formula is C29H35N5O5. The Morgan fingerprint density at radius 1 is 1.03 bits per heavy atom. The van der Waals surface area contributed by atoms with Crippen LogP contribution in [0.3, 0.4) is 0 Å². The molecule has 0 saturated heterocycles. The summed E-state index contributed by atoms with van der Waals surface area (Å²) in [6, 6.07) is 20.2. The van der Waals surface area contributed by atoms with Gasteiger partial charge in [-0.1, -0.05) is 81.4 Å². The molecule has 0 fully saturated rings. The highest BCUT2D eigenvalue weighted by Gasteiger charge is 2.46. The van der Waals surface area contributed by atoms with E-state index in [0.717, 1.165) is 11.1 Å². The Hall–Kier alpha value is -4.02. The van der Waals surface area contributed by atoms with Crippen molar-refractivity contribution in [3.05, 3.63) is 88.5 Å². The number of carbonyl (C=O) groups excluding carboxylic acids is 1. The van der Waals surface area contributed by atoms with Gasteiger partial charge in [0, 0.05) is 13.5 Å². The number of rotatable bonds is 11. The molecule has 206 valence electrons. The normalized spacial score (nSPS) is 12.9. The van der Waals surface area contributed by atoms with Crippen molar-refractivity contribution in [2.45, 2.75) is 45.9 Å². The van der Waals surface area contributed by atoms with E-state index < -0.39 is 23.2 Å². The van der Waals surface area contributed by atoms with Crippen molar-refractivity contribution in [2.24, 2.45) is 5.41 Å². The molecule has 4 rings (SSSR count). The van der Waals surface area contributed by atoms with Crippen molar-refractivity contribution in [2.75, 3.05) is 25.6 Å². The number of nitrogen functional groups attached to an aromatic ring is 1. The van der Waals surface area contributed by atoms with E-state index >= 15 is 0 Å². The summed E-state index contributed by atoms with van der Waals surface area (Å²) >= 11 is 0. The molecule has 0 bridgehead atoms. The van der Waals surface area contributed by atoms with Crippen LogP contribution in [0, 0.1) is 5.41 Å². The third kappa shape index (κ3) is 6.18. The van der Waals surface area contributed by atoms with Crippen LogP contribution in [0.4, 0.5) is 5.95 Å². The van der Waals surface area contributed by atoms with Gasteiger partial charge >= 0.3 is 5.97 Å². The van der Waals surface area contributed by atoms with Gasteiger partial charge in [-0.05, 0) is 16.5 Å². The van der Waals surface area contributed by atoms with Crippen molar-refractivity contribution < 1.29 is 19.0 Å². The minimum Gasteiger partial charge on any atom is -0.463 e. The van der Waals surface area contributed by atoms with Crippen molar-refractivity contribution in [1.82, 2.24) is 19.5 Å². The lowest BCUT2D eigenvalue weighted by molar-refractivity contribution is -0.157. The number of carbonyl (C=O) groups is 1. The number of nitrogens with one attached hydrogen (secondary N) is 1. The maximum absolute atomic E-state index is 12.1. The molecule has 0 radical (unpaired) electrons. The van der Waals surface area contributed by atoms with Crippen LogP contribution >= 0.6 is 0 Å². The molecule has 0 amide bonds. The molecule has 10 heteroatoms. The van der Waals surface area contributed by atoms with Crippen LogP contribution in [0.5, 0.6) is 0 Å². The molecule has 0 aliphatic carbocycles. The van der Waals surface area contributed by atoms with E-state index in [1.807, 2.05) is 36.4 Å². The second-order valence-electron chi connectivity index (χ2n) is 10.3. The Morgan fingerprint density at radius 3 is 2.21 bits per heavy atom. The third-order valence-corrected chi connectivity index (χ3v) is 6.55. The van der Waals surface area contributed by atoms with Gasteiger partial charge in [-0.3, -0.25) is 14.6 Å². The molecular weight excluding hydrogens is 498 g/mol. The summed E-state index contributed by atoms with van der Waals surface area (Å²) in [6.45, 7) is 8.53.